The van der Waals surface area contributed by atoms with Crippen LogP contribution >= 0.6 is 0 Å². The summed E-state index contributed by atoms with van der Waals surface area (Å²) in [4.78, 5) is 23.5. The molecule has 0 bridgehead atoms. The molecule has 0 radical (unpaired) electrons. The molecule has 0 saturated heterocycles. The predicted molar refractivity (Wildman–Crippen MR) is 215 cm³/mol. The zero-order valence-electron chi connectivity index (χ0n) is 32.4. The summed E-state index contributed by atoms with van der Waals surface area (Å²) in [6, 6.07) is 38.5. The fraction of sp³-hybridized carbons (Fsp3) is 0.333. The molecule has 5 aromatic rings. The van der Waals surface area contributed by atoms with Gasteiger partial charge in [-0.05, 0) is 54.3 Å². The van der Waals surface area contributed by atoms with E-state index in [4.69, 9.17) is 18.9 Å². The van der Waals surface area contributed by atoms with E-state index < -0.39 is 24.1 Å². The van der Waals surface area contributed by atoms with Crippen LogP contribution in [0.5, 0.6) is 11.5 Å². The third-order valence-corrected chi connectivity index (χ3v) is 6.54. The van der Waals surface area contributed by atoms with Gasteiger partial charge in [-0.2, -0.15) is 0 Å². The molecule has 5 rings (SSSR count). The zero-order chi connectivity index (χ0) is 39.3. The number of hydrogen-bond acceptors (Lipinski definition) is 8. The van der Waals surface area contributed by atoms with Crippen molar-refractivity contribution in [1.82, 2.24) is 0 Å². The molecule has 0 spiro atoms. The quantitative estimate of drug-likeness (QED) is 0.122. The molecule has 0 aliphatic heterocycles. The molecule has 0 aliphatic rings. The summed E-state index contributed by atoms with van der Waals surface area (Å²) in [5.74, 6) is 0.498. The summed E-state index contributed by atoms with van der Waals surface area (Å²) < 4.78 is 21.3. The number of para-hydroxylation sites is 1. The highest BCUT2D eigenvalue weighted by Crippen LogP contribution is 2.25. The van der Waals surface area contributed by atoms with E-state index in [2.05, 4.69) is 27.7 Å². The minimum absolute atomic E-state index is 0.0517. The van der Waals surface area contributed by atoms with Gasteiger partial charge in [0.25, 0.3) is 0 Å². The first-order valence-electron chi connectivity index (χ1n) is 18.3. The molecule has 8 nitrogen and oxygen atoms in total. The maximum Gasteiger partial charge on any atom is 0.338 e. The van der Waals surface area contributed by atoms with Crippen LogP contribution in [0.4, 0.5) is 0 Å². The van der Waals surface area contributed by atoms with Gasteiger partial charge in [0.1, 0.15) is 50.1 Å². The minimum atomic E-state index is -0.892. The maximum absolute atomic E-state index is 11.8. The van der Waals surface area contributed by atoms with Crippen LogP contribution in [0.2, 0.25) is 0 Å². The average Bonchev–Trinajstić information content (AvgIpc) is 3.20. The molecular weight excluding hydrogens is 668 g/mol. The summed E-state index contributed by atoms with van der Waals surface area (Å²) >= 11 is 0. The van der Waals surface area contributed by atoms with E-state index in [0.29, 0.717) is 22.6 Å². The Labute approximate surface area is 316 Å². The lowest BCUT2D eigenvalue weighted by molar-refractivity contribution is 0.0127. The Hall–Kier alpha value is -5.18. The number of aliphatic hydroxyl groups is 2. The SMILES string of the molecule is CC.CCC.CCC.Cc1ccccc1OCC(O)COC(=O)c1ccccc1.O=C(OCC(O)COc1cccc2ccccc12)c1ccccc1. The highest BCUT2D eigenvalue weighted by Gasteiger charge is 2.13. The Kier molecular flexibility index (Phi) is 24.6. The van der Waals surface area contributed by atoms with Gasteiger partial charge in [0.2, 0.25) is 0 Å². The fourth-order valence-corrected chi connectivity index (χ4v) is 4.17. The maximum atomic E-state index is 11.8. The first-order chi connectivity index (χ1) is 25.7. The van der Waals surface area contributed by atoms with E-state index in [9.17, 15) is 19.8 Å². The monoisotopic (exact) mass is 726 g/mol. The minimum Gasteiger partial charge on any atom is -0.490 e. The van der Waals surface area contributed by atoms with Crippen LogP contribution < -0.4 is 9.47 Å². The van der Waals surface area contributed by atoms with Gasteiger partial charge in [-0.1, -0.05) is 145 Å². The summed E-state index contributed by atoms with van der Waals surface area (Å²) in [5, 5.41) is 21.8. The van der Waals surface area contributed by atoms with Gasteiger partial charge < -0.3 is 29.2 Å². The number of rotatable bonds is 12. The largest absolute Gasteiger partial charge is 0.490 e. The predicted octanol–water partition coefficient (Wildman–Crippen LogP) is 9.89. The van der Waals surface area contributed by atoms with E-state index in [1.54, 1.807) is 48.5 Å². The molecule has 8 heteroatoms. The Bertz CT molecular complexity index is 1670. The normalized spacial score (nSPS) is 10.8. The first kappa shape index (κ1) is 45.8. The van der Waals surface area contributed by atoms with E-state index in [1.165, 1.54) is 12.8 Å². The number of esters is 2. The molecule has 0 saturated carbocycles. The van der Waals surface area contributed by atoms with Crippen molar-refractivity contribution >= 4 is 22.7 Å². The van der Waals surface area contributed by atoms with Crippen molar-refractivity contribution in [2.75, 3.05) is 26.4 Å². The molecule has 286 valence electrons. The third kappa shape index (κ3) is 18.8. The summed E-state index contributed by atoms with van der Waals surface area (Å²) in [5.41, 5.74) is 1.91. The van der Waals surface area contributed by atoms with E-state index in [1.807, 2.05) is 99.6 Å². The van der Waals surface area contributed by atoms with Crippen molar-refractivity contribution in [1.29, 1.82) is 0 Å². The molecule has 2 unspecified atom stereocenters. The molecule has 0 fully saturated rings. The lowest BCUT2D eigenvalue weighted by Gasteiger charge is -2.14. The molecule has 0 amide bonds. The van der Waals surface area contributed by atoms with Crippen LogP contribution in [0, 0.1) is 6.92 Å². The number of aryl methyl sites for hydroxylation is 1. The zero-order valence-corrected chi connectivity index (χ0v) is 32.4. The third-order valence-electron chi connectivity index (χ3n) is 6.54. The van der Waals surface area contributed by atoms with Crippen LogP contribution in [0.1, 0.15) is 80.7 Å². The van der Waals surface area contributed by atoms with Crippen molar-refractivity contribution in [2.45, 2.75) is 73.5 Å². The molecule has 53 heavy (non-hydrogen) atoms. The number of fused-ring (bicyclic) bond motifs is 1. The first-order valence-corrected chi connectivity index (χ1v) is 18.3. The Balaban J connectivity index is 0.000000446. The van der Waals surface area contributed by atoms with Gasteiger partial charge >= 0.3 is 11.9 Å². The van der Waals surface area contributed by atoms with Gasteiger partial charge in [0, 0.05) is 5.39 Å². The highest BCUT2D eigenvalue weighted by atomic mass is 16.6. The van der Waals surface area contributed by atoms with Crippen molar-refractivity contribution in [3.05, 3.63) is 144 Å². The van der Waals surface area contributed by atoms with Crippen molar-refractivity contribution in [3.8, 4) is 11.5 Å². The smallest absolute Gasteiger partial charge is 0.338 e. The second kappa shape index (κ2) is 28.4. The van der Waals surface area contributed by atoms with Crippen molar-refractivity contribution in [2.24, 2.45) is 0 Å². The number of carbonyl (C=O) groups excluding carboxylic acids is 2. The molecule has 0 aromatic heterocycles. The number of ether oxygens (including phenoxy) is 4. The molecule has 2 N–H and O–H groups in total. The van der Waals surface area contributed by atoms with Gasteiger partial charge in [-0.15, -0.1) is 0 Å². The lowest BCUT2D eigenvalue weighted by Crippen LogP contribution is -2.25. The van der Waals surface area contributed by atoms with Crippen molar-refractivity contribution < 1.29 is 38.7 Å². The molecule has 0 aliphatic carbocycles. The molecule has 2 atom stereocenters. The molecule has 0 heterocycles. The summed E-state index contributed by atoms with van der Waals surface area (Å²) in [7, 11) is 0. The van der Waals surface area contributed by atoms with Gasteiger partial charge in [-0.3, -0.25) is 0 Å². The second-order valence-corrected chi connectivity index (χ2v) is 11.5. The topological polar surface area (TPSA) is 112 Å². The van der Waals surface area contributed by atoms with Crippen LogP contribution in [-0.4, -0.2) is 60.8 Å². The Morgan fingerprint density at radius 1 is 0.509 bits per heavy atom. The second-order valence-electron chi connectivity index (χ2n) is 11.5. The fourth-order valence-electron chi connectivity index (χ4n) is 4.17. The molecular formula is C45H58O8. The Morgan fingerprint density at radius 3 is 1.38 bits per heavy atom. The summed E-state index contributed by atoms with van der Waals surface area (Å²) in [6.45, 7) is 14.3. The van der Waals surface area contributed by atoms with Crippen LogP contribution in [0.25, 0.3) is 10.8 Å². The van der Waals surface area contributed by atoms with Gasteiger partial charge in [0.05, 0.1) is 11.1 Å². The van der Waals surface area contributed by atoms with Gasteiger partial charge in [0.15, 0.2) is 0 Å². The van der Waals surface area contributed by atoms with Gasteiger partial charge in [-0.25, -0.2) is 9.59 Å². The standard InChI is InChI=1S/C20H18O4.C17H18O4.2C3H8.C2H6/c21-17(14-24-20(22)16-8-2-1-3-9-16)13-23-19-12-6-10-15-7-4-5-11-18(15)19;1-13-7-5-6-10-16(13)20-11-15(18)12-21-17(19)14-8-3-2-4-9-14;2*1-3-2;1-2/h1-12,17,21H,13-14H2;2-10,15,18H,11-12H2,1H3;2*3H2,1-2H3;1-2H3. The number of aliphatic hydroxyl groups excluding tert-OH is 2. The lowest BCUT2D eigenvalue weighted by atomic mass is 10.1. The average molecular weight is 727 g/mol. The van der Waals surface area contributed by atoms with Crippen LogP contribution in [-0.2, 0) is 9.47 Å². The van der Waals surface area contributed by atoms with E-state index in [-0.39, 0.29) is 26.4 Å². The number of hydrogen-bond donors (Lipinski definition) is 2. The van der Waals surface area contributed by atoms with E-state index in [0.717, 1.165) is 16.3 Å². The highest BCUT2D eigenvalue weighted by molar-refractivity contribution is 5.90. The van der Waals surface area contributed by atoms with Crippen LogP contribution in [0.15, 0.2) is 127 Å². The molecule has 5 aromatic carbocycles. The number of benzene rings is 5. The number of carbonyl (C=O) groups is 2. The summed E-state index contributed by atoms with van der Waals surface area (Å²) in [6.07, 6.45) is 0.744. The van der Waals surface area contributed by atoms with E-state index >= 15 is 0 Å². The van der Waals surface area contributed by atoms with Crippen LogP contribution in [0.3, 0.4) is 0 Å². The Morgan fingerprint density at radius 2 is 0.887 bits per heavy atom. The van der Waals surface area contributed by atoms with Crippen molar-refractivity contribution in [3.63, 3.8) is 0 Å².